The van der Waals surface area contributed by atoms with Crippen LogP contribution < -0.4 is 5.11 Å². The first kappa shape index (κ1) is 35.9. The van der Waals surface area contributed by atoms with Crippen LogP contribution in [0.25, 0.3) is 21.5 Å². The second-order valence-electron chi connectivity index (χ2n) is 9.60. The van der Waals surface area contributed by atoms with Crippen LogP contribution in [-0.4, -0.2) is 79.9 Å². The van der Waals surface area contributed by atoms with Crippen molar-refractivity contribution >= 4 is 113 Å². The molecule has 15 heteroatoms. The Labute approximate surface area is 309 Å². The number of aromatic hydroxyl groups is 1. The molecule has 0 aliphatic rings. The van der Waals surface area contributed by atoms with Gasteiger partial charge in [0.2, 0.25) is 0 Å². The van der Waals surface area contributed by atoms with Crippen LogP contribution in [0.4, 0.5) is 22.7 Å². The predicted molar refractivity (Wildman–Crippen MR) is 174 cm³/mol. The van der Waals surface area contributed by atoms with Crippen LogP contribution in [0.5, 0.6) is 11.5 Å². The molecule has 0 amide bonds. The third kappa shape index (κ3) is 9.10. The summed E-state index contributed by atoms with van der Waals surface area (Å²) in [6.45, 7) is 0. The van der Waals surface area contributed by atoms with Crippen molar-refractivity contribution < 1.29 is 36.2 Å². The molecule has 2 N–H and O–H groups in total. The van der Waals surface area contributed by atoms with Gasteiger partial charge in [0.25, 0.3) is 10.1 Å². The van der Waals surface area contributed by atoms with E-state index in [2.05, 4.69) is 20.5 Å². The third-order valence-corrected chi connectivity index (χ3v) is 8.25. The molecule has 12 nitrogen and oxygen atoms in total. The summed E-state index contributed by atoms with van der Waals surface area (Å²) < 4.78 is 63.5. The first-order valence-corrected chi connectivity index (χ1v) is 16.1. The molecule has 232 valence electrons. The van der Waals surface area contributed by atoms with Crippen LogP contribution in [0.1, 0.15) is 0 Å². The van der Waals surface area contributed by atoms with Gasteiger partial charge in [-0.15, -0.1) is 5.11 Å². The Morgan fingerprint density at radius 2 is 0.979 bits per heavy atom. The molecule has 0 atom stereocenters. The van der Waals surface area contributed by atoms with Crippen LogP contribution in [0.2, 0.25) is 0 Å². The van der Waals surface area contributed by atoms with E-state index in [-0.39, 0.29) is 75.9 Å². The van der Waals surface area contributed by atoms with Gasteiger partial charge in [-0.05, 0) is 65.4 Å². The van der Waals surface area contributed by atoms with Crippen molar-refractivity contribution in [1.82, 2.24) is 0 Å². The first-order valence-electron chi connectivity index (χ1n) is 13.3. The van der Waals surface area contributed by atoms with E-state index in [1.165, 1.54) is 48.5 Å². The van der Waals surface area contributed by atoms with Crippen LogP contribution in [0, 0.1) is 0 Å². The normalized spacial score (nSPS) is 11.8. The van der Waals surface area contributed by atoms with Crippen molar-refractivity contribution in [1.29, 1.82) is 0 Å². The van der Waals surface area contributed by atoms with Crippen LogP contribution in [0.3, 0.4) is 0 Å². The van der Waals surface area contributed by atoms with E-state index in [0.29, 0.717) is 22.4 Å². The number of rotatable bonds is 6. The average molecular weight is 792 g/mol. The summed E-state index contributed by atoms with van der Waals surface area (Å²) in [5.41, 5.74) is 1.28. The molecule has 6 rings (SSSR count). The summed E-state index contributed by atoms with van der Waals surface area (Å²) in [7, 11) is -8.73. The van der Waals surface area contributed by atoms with Crippen molar-refractivity contribution in [2.24, 2.45) is 20.5 Å². The van der Waals surface area contributed by atoms with E-state index >= 15 is 0 Å². The standard InChI is InChI=1S/2C16H12N2O4S.Ba/c2*19-15-10-5-11-3-1-2-4-14(11)16(15)18-17-12-6-8-13(9-7-12)23(20,21)22;/h2*1-10,19H,(H,20,21,22);/q;;+2/p-2. The molecule has 0 saturated carbocycles. The fraction of sp³-hybridized carbons (Fsp3) is 0. The zero-order chi connectivity index (χ0) is 32.9. The van der Waals surface area contributed by atoms with Gasteiger partial charge in [0.05, 0.1) is 26.9 Å². The smallest absolute Gasteiger partial charge is 0.871 e. The summed E-state index contributed by atoms with van der Waals surface area (Å²) >= 11 is 0. The number of azo groups is 2. The van der Waals surface area contributed by atoms with E-state index in [1.807, 2.05) is 36.4 Å². The van der Waals surface area contributed by atoms with Crippen molar-refractivity contribution in [3.63, 3.8) is 0 Å². The van der Waals surface area contributed by atoms with Gasteiger partial charge in [0, 0.05) is 10.8 Å². The van der Waals surface area contributed by atoms with Gasteiger partial charge < -0.3 is 14.8 Å². The van der Waals surface area contributed by atoms with E-state index in [0.717, 1.165) is 28.3 Å². The zero-order valence-electron chi connectivity index (χ0n) is 24.2. The second kappa shape index (κ2) is 15.3. The molecule has 0 bridgehead atoms. The Morgan fingerprint density at radius 3 is 1.49 bits per heavy atom. The van der Waals surface area contributed by atoms with Crippen LogP contribution in [0.15, 0.2) is 152 Å². The molecule has 0 radical (unpaired) electrons. The quantitative estimate of drug-likeness (QED) is 0.101. The number of phenols is 1. The van der Waals surface area contributed by atoms with Crippen LogP contribution in [-0.2, 0) is 20.2 Å². The number of hydrogen-bond donors (Lipinski definition) is 2. The first-order chi connectivity index (χ1) is 21.9. The summed E-state index contributed by atoms with van der Waals surface area (Å²) in [5.74, 6) is -0.256. The van der Waals surface area contributed by atoms with Gasteiger partial charge in [0.15, 0.2) is 0 Å². The van der Waals surface area contributed by atoms with E-state index in [9.17, 15) is 31.6 Å². The number of phenolic OH excluding ortho intramolecular Hbond substituents is 1. The number of hydrogen-bond acceptors (Lipinski definition) is 11. The van der Waals surface area contributed by atoms with Gasteiger partial charge in [-0.3, -0.25) is 4.55 Å². The molecular formula is C32H22BaN4O8S2. The Balaban J connectivity index is 0.000000208. The Hall–Kier alpha value is -3.97. The molecule has 47 heavy (non-hydrogen) atoms. The Bertz CT molecular complexity index is 2170. The summed E-state index contributed by atoms with van der Waals surface area (Å²) in [6, 6.07) is 31.5. The zero-order valence-corrected chi connectivity index (χ0v) is 30.3. The molecule has 6 aromatic carbocycles. The van der Waals surface area contributed by atoms with Crippen LogP contribution >= 0.6 is 0 Å². The Kier molecular flexibility index (Phi) is 11.7. The molecule has 6 aromatic rings. The molecular weight excluding hydrogens is 770 g/mol. The number of benzene rings is 6. The van der Waals surface area contributed by atoms with Crippen molar-refractivity contribution in [2.45, 2.75) is 9.79 Å². The molecule has 0 unspecified atom stereocenters. The third-order valence-electron chi connectivity index (χ3n) is 6.53. The molecule has 0 aliphatic carbocycles. The maximum Gasteiger partial charge on any atom is 2.00 e. The maximum atomic E-state index is 12.0. The van der Waals surface area contributed by atoms with Gasteiger partial charge in [-0.1, -0.05) is 72.5 Å². The maximum absolute atomic E-state index is 12.0. The fourth-order valence-corrected chi connectivity index (χ4v) is 5.22. The van der Waals surface area contributed by atoms with Gasteiger partial charge in [0.1, 0.15) is 21.6 Å². The summed E-state index contributed by atoms with van der Waals surface area (Å²) in [6.07, 6.45) is 0. The average Bonchev–Trinajstić information content (AvgIpc) is 3.04. The van der Waals surface area contributed by atoms with Gasteiger partial charge in [-0.25, -0.2) is 8.42 Å². The van der Waals surface area contributed by atoms with E-state index < -0.39 is 20.2 Å². The number of nitrogens with zero attached hydrogens (tertiary/aromatic N) is 4. The predicted octanol–water partition coefficient (Wildman–Crippen LogP) is 7.06. The molecule has 0 spiro atoms. The monoisotopic (exact) mass is 792 g/mol. The Morgan fingerprint density at radius 1 is 0.532 bits per heavy atom. The fourth-order valence-electron chi connectivity index (χ4n) is 4.27. The van der Waals surface area contributed by atoms with Crippen molar-refractivity contribution in [2.75, 3.05) is 0 Å². The second-order valence-corrected chi connectivity index (χ2v) is 12.4. The van der Waals surface area contributed by atoms with E-state index in [1.54, 1.807) is 24.3 Å². The SMILES string of the molecule is O=S(=O)(O)c1ccc(N=Nc2c(O)ccc3ccccc23)cc1.O=S(=O)([O-])c1ccc(N=Nc2c([O-])ccc3ccccc23)cc1.[Ba+2]. The van der Waals surface area contributed by atoms with E-state index in [4.69, 9.17) is 4.55 Å². The molecule has 0 saturated heterocycles. The summed E-state index contributed by atoms with van der Waals surface area (Å²) in [4.78, 5) is -0.560. The molecule has 0 heterocycles. The minimum absolute atomic E-state index is 0. The van der Waals surface area contributed by atoms with Gasteiger partial charge in [-0.2, -0.15) is 23.8 Å². The minimum Gasteiger partial charge on any atom is -0.871 e. The summed E-state index contributed by atoms with van der Waals surface area (Å²) in [5, 5.41) is 41.1. The van der Waals surface area contributed by atoms with Gasteiger partial charge >= 0.3 is 48.9 Å². The van der Waals surface area contributed by atoms with Crippen molar-refractivity contribution in [3.8, 4) is 11.5 Å². The number of fused-ring (bicyclic) bond motifs is 2. The molecule has 0 aliphatic heterocycles. The van der Waals surface area contributed by atoms with Crippen molar-refractivity contribution in [3.05, 3.63) is 121 Å². The minimum atomic E-state index is -4.49. The molecule has 0 aromatic heterocycles. The largest absolute Gasteiger partial charge is 2.00 e. The molecule has 0 fully saturated rings. The topological polar surface area (TPSA) is 204 Å².